The van der Waals surface area contributed by atoms with Crippen LogP contribution >= 0.6 is 0 Å². The first kappa shape index (κ1) is 9.70. The summed E-state index contributed by atoms with van der Waals surface area (Å²) in [5, 5.41) is 9.17. The molecule has 0 aromatic heterocycles. The molecule has 1 aliphatic heterocycles. The maximum atomic E-state index is 11.1. The van der Waals surface area contributed by atoms with E-state index in [2.05, 4.69) is 0 Å². The van der Waals surface area contributed by atoms with E-state index in [1.165, 1.54) is 5.56 Å². The highest BCUT2D eigenvalue weighted by Gasteiger charge is 2.52. The number of rotatable bonds is 3. The highest BCUT2D eigenvalue weighted by Crippen LogP contribution is 2.54. The number of hydrogen-bond acceptors (Lipinski definition) is 2. The number of para-hydroxylation sites is 1. The van der Waals surface area contributed by atoms with Gasteiger partial charge < -0.3 is 9.84 Å². The Morgan fingerprint density at radius 2 is 2.19 bits per heavy atom. The summed E-state index contributed by atoms with van der Waals surface area (Å²) in [6.45, 7) is 0.633. The molecule has 16 heavy (non-hydrogen) atoms. The van der Waals surface area contributed by atoms with Crippen molar-refractivity contribution in [2.45, 2.75) is 25.2 Å². The first-order chi connectivity index (χ1) is 7.71. The van der Waals surface area contributed by atoms with Crippen LogP contribution in [0.3, 0.4) is 0 Å². The van der Waals surface area contributed by atoms with Crippen molar-refractivity contribution in [2.24, 2.45) is 5.41 Å². The molecule has 0 spiro atoms. The molecule has 1 fully saturated rings. The normalized spacial score (nSPS) is 24.6. The van der Waals surface area contributed by atoms with Crippen LogP contribution in [0.15, 0.2) is 24.3 Å². The Morgan fingerprint density at radius 3 is 2.88 bits per heavy atom. The fourth-order valence-corrected chi connectivity index (χ4v) is 2.53. The molecule has 1 N–H and O–H groups in total. The number of aliphatic carboxylic acids is 1. The van der Waals surface area contributed by atoms with E-state index >= 15 is 0 Å². The molecule has 1 unspecified atom stereocenters. The van der Waals surface area contributed by atoms with Crippen LogP contribution in [-0.4, -0.2) is 17.7 Å². The third-order valence-corrected chi connectivity index (χ3v) is 3.74. The van der Waals surface area contributed by atoms with E-state index in [1.54, 1.807) is 0 Å². The van der Waals surface area contributed by atoms with Crippen molar-refractivity contribution in [1.82, 2.24) is 0 Å². The summed E-state index contributed by atoms with van der Waals surface area (Å²) < 4.78 is 5.57. The molecule has 3 nitrogen and oxygen atoms in total. The monoisotopic (exact) mass is 218 g/mol. The van der Waals surface area contributed by atoms with E-state index in [9.17, 15) is 9.90 Å². The molecule has 3 rings (SSSR count). The standard InChI is InChI=1S/C13H14O3/c14-12(15)13(5-6-13)7-9-8-16-11-4-2-1-3-10(9)11/h1-4,9H,5-8H2,(H,14,15). The van der Waals surface area contributed by atoms with Crippen LogP contribution in [0.2, 0.25) is 0 Å². The maximum Gasteiger partial charge on any atom is 0.309 e. The smallest absolute Gasteiger partial charge is 0.309 e. The summed E-state index contributed by atoms with van der Waals surface area (Å²) in [6, 6.07) is 7.94. The quantitative estimate of drug-likeness (QED) is 0.847. The first-order valence-corrected chi connectivity index (χ1v) is 5.66. The molecule has 1 aromatic rings. The summed E-state index contributed by atoms with van der Waals surface area (Å²) in [7, 11) is 0. The second-order valence-electron chi connectivity index (χ2n) is 4.84. The Hall–Kier alpha value is -1.51. The topological polar surface area (TPSA) is 46.5 Å². The van der Waals surface area contributed by atoms with Crippen LogP contribution in [0.5, 0.6) is 5.75 Å². The Labute approximate surface area is 94.0 Å². The molecule has 1 atom stereocenters. The van der Waals surface area contributed by atoms with Gasteiger partial charge in [0.15, 0.2) is 0 Å². The summed E-state index contributed by atoms with van der Waals surface area (Å²) in [6.07, 6.45) is 2.36. The predicted octanol–water partition coefficient (Wildman–Crippen LogP) is 2.42. The van der Waals surface area contributed by atoms with E-state index in [-0.39, 0.29) is 5.92 Å². The second-order valence-corrected chi connectivity index (χ2v) is 4.84. The fourth-order valence-electron chi connectivity index (χ4n) is 2.53. The number of carbonyl (C=O) groups is 1. The molecule has 3 heteroatoms. The van der Waals surface area contributed by atoms with Crippen molar-refractivity contribution in [3.05, 3.63) is 29.8 Å². The van der Waals surface area contributed by atoms with E-state index in [1.807, 2.05) is 24.3 Å². The number of carboxylic acid groups (broad SMARTS) is 1. The van der Waals surface area contributed by atoms with Crippen molar-refractivity contribution in [3.63, 3.8) is 0 Å². The molecule has 1 aromatic carbocycles. The van der Waals surface area contributed by atoms with Gasteiger partial charge in [0, 0.05) is 11.5 Å². The van der Waals surface area contributed by atoms with Crippen LogP contribution in [0.1, 0.15) is 30.7 Å². The van der Waals surface area contributed by atoms with Crippen LogP contribution in [-0.2, 0) is 4.79 Å². The molecule has 0 saturated heterocycles. The lowest BCUT2D eigenvalue weighted by Crippen LogP contribution is -2.19. The van der Waals surface area contributed by atoms with Gasteiger partial charge in [-0.2, -0.15) is 0 Å². The lowest BCUT2D eigenvalue weighted by atomic mass is 9.88. The van der Waals surface area contributed by atoms with Gasteiger partial charge in [0.25, 0.3) is 0 Å². The Kier molecular flexibility index (Phi) is 1.96. The van der Waals surface area contributed by atoms with Crippen LogP contribution in [0, 0.1) is 5.41 Å². The number of ether oxygens (including phenoxy) is 1. The van der Waals surface area contributed by atoms with Gasteiger partial charge in [-0.3, -0.25) is 4.79 Å². The van der Waals surface area contributed by atoms with E-state index in [0.717, 1.165) is 25.0 Å². The molecule has 1 aliphatic carbocycles. The van der Waals surface area contributed by atoms with E-state index in [0.29, 0.717) is 6.61 Å². The molecule has 0 radical (unpaired) electrons. The minimum atomic E-state index is -0.642. The maximum absolute atomic E-state index is 11.1. The zero-order chi connectivity index (χ0) is 11.2. The fraction of sp³-hybridized carbons (Fsp3) is 0.462. The Bertz CT molecular complexity index is 435. The third-order valence-electron chi connectivity index (χ3n) is 3.74. The predicted molar refractivity (Wildman–Crippen MR) is 58.6 cm³/mol. The van der Waals surface area contributed by atoms with Crippen molar-refractivity contribution >= 4 is 5.97 Å². The third kappa shape index (κ3) is 1.39. The van der Waals surface area contributed by atoms with Gasteiger partial charge in [0.05, 0.1) is 12.0 Å². The summed E-state index contributed by atoms with van der Waals surface area (Å²) >= 11 is 0. The van der Waals surface area contributed by atoms with Crippen molar-refractivity contribution in [1.29, 1.82) is 0 Å². The van der Waals surface area contributed by atoms with Crippen molar-refractivity contribution in [2.75, 3.05) is 6.61 Å². The summed E-state index contributed by atoms with van der Waals surface area (Å²) in [5.74, 6) is 0.542. The molecule has 2 aliphatic rings. The van der Waals surface area contributed by atoms with E-state index in [4.69, 9.17) is 4.74 Å². The summed E-state index contributed by atoms with van der Waals surface area (Å²) in [4.78, 5) is 11.1. The molecule has 0 bridgehead atoms. The van der Waals surface area contributed by atoms with Gasteiger partial charge in [-0.1, -0.05) is 18.2 Å². The van der Waals surface area contributed by atoms with Gasteiger partial charge in [-0.25, -0.2) is 0 Å². The number of carboxylic acids is 1. The van der Waals surface area contributed by atoms with Gasteiger partial charge >= 0.3 is 5.97 Å². The largest absolute Gasteiger partial charge is 0.493 e. The zero-order valence-electron chi connectivity index (χ0n) is 8.98. The number of fused-ring (bicyclic) bond motifs is 1. The molecule has 1 heterocycles. The van der Waals surface area contributed by atoms with Gasteiger partial charge in [0.2, 0.25) is 0 Å². The molecular formula is C13H14O3. The SMILES string of the molecule is O=C(O)C1(CC2COc3ccccc32)CC1. The van der Waals surface area contributed by atoms with Crippen LogP contribution < -0.4 is 4.74 Å². The molecule has 0 amide bonds. The highest BCUT2D eigenvalue weighted by molar-refractivity contribution is 5.77. The minimum absolute atomic E-state index is 0.259. The van der Waals surface area contributed by atoms with Gasteiger partial charge in [-0.15, -0.1) is 0 Å². The lowest BCUT2D eigenvalue weighted by Gasteiger charge is -2.14. The first-order valence-electron chi connectivity index (χ1n) is 5.66. The molecule has 84 valence electrons. The van der Waals surface area contributed by atoms with Gasteiger partial charge in [0.1, 0.15) is 5.75 Å². The zero-order valence-corrected chi connectivity index (χ0v) is 8.98. The van der Waals surface area contributed by atoms with Gasteiger partial charge in [-0.05, 0) is 25.3 Å². The average molecular weight is 218 g/mol. The average Bonchev–Trinajstić information content (AvgIpc) is 2.96. The number of benzene rings is 1. The molecule has 1 saturated carbocycles. The van der Waals surface area contributed by atoms with Crippen LogP contribution in [0.25, 0.3) is 0 Å². The minimum Gasteiger partial charge on any atom is -0.493 e. The van der Waals surface area contributed by atoms with Crippen LogP contribution in [0.4, 0.5) is 0 Å². The number of hydrogen-bond donors (Lipinski definition) is 1. The van der Waals surface area contributed by atoms with Crippen molar-refractivity contribution < 1.29 is 14.6 Å². The highest BCUT2D eigenvalue weighted by atomic mass is 16.5. The second kappa shape index (κ2) is 3.24. The Balaban J connectivity index is 1.81. The molecular weight excluding hydrogens is 204 g/mol. The summed E-state index contributed by atoms with van der Waals surface area (Å²) in [5.41, 5.74) is 0.723. The lowest BCUT2D eigenvalue weighted by molar-refractivity contribution is -0.143. The van der Waals surface area contributed by atoms with Crippen molar-refractivity contribution in [3.8, 4) is 5.75 Å². The Morgan fingerprint density at radius 1 is 1.44 bits per heavy atom. The van der Waals surface area contributed by atoms with E-state index < -0.39 is 11.4 Å².